The average Bonchev–Trinajstić information content (AvgIpc) is 2.80. The van der Waals surface area contributed by atoms with E-state index in [1.165, 1.54) is 0 Å². The highest BCUT2D eigenvalue weighted by Gasteiger charge is 2.17. The predicted octanol–water partition coefficient (Wildman–Crippen LogP) is 2.55. The van der Waals surface area contributed by atoms with E-state index in [0.29, 0.717) is 12.4 Å². The van der Waals surface area contributed by atoms with Crippen LogP contribution in [0, 0.1) is 3.57 Å². The molecule has 1 aliphatic rings. The van der Waals surface area contributed by atoms with Crippen LogP contribution in [0.25, 0.3) is 0 Å². The molecule has 0 aliphatic carbocycles. The van der Waals surface area contributed by atoms with Crippen molar-refractivity contribution in [3.05, 3.63) is 27.3 Å². The van der Waals surface area contributed by atoms with Crippen LogP contribution < -0.4 is 4.74 Å². The third-order valence-corrected chi connectivity index (χ3v) is 3.52. The standard InChI is InChI=1S/C12H13IO4/c13-10-4-3-8(12(14)15)6-11(10)17-7-9-2-1-5-16-9/h3-4,6,9H,1-2,5,7H2,(H,14,15). The van der Waals surface area contributed by atoms with E-state index in [0.717, 1.165) is 23.0 Å². The molecule has 0 aromatic heterocycles. The second kappa shape index (κ2) is 5.68. The van der Waals surface area contributed by atoms with Gasteiger partial charge in [0.15, 0.2) is 0 Å². The summed E-state index contributed by atoms with van der Waals surface area (Å²) in [5.74, 6) is -0.329. The maximum Gasteiger partial charge on any atom is 0.335 e. The molecule has 17 heavy (non-hydrogen) atoms. The molecule has 0 saturated carbocycles. The van der Waals surface area contributed by atoms with Gasteiger partial charge in [0, 0.05) is 6.61 Å². The van der Waals surface area contributed by atoms with Crippen LogP contribution in [0.2, 0.25) is 0 Å². The number of carboxylic acids is 1. The summed E-state index contributed by atoms with van der Waals surface area (Å²) in [6.45, 7) is 1.28. The molecule has 1 fully saturated rings. The first-order chi connectivity index (χ1) is 8.16. The number of rotatable bonds is 4. The summed E-state index contributed by atoms with van der Waals surface area (Å²) in [4.78, 5) is 10.8. The zero-order chi connectivity index (χ0) is 12.3. The SMILES string of the molecule is O=C(O)c1ccc(I)c(OCC2CCCO2)c1. The maximum atomic E-state index is 10.8. The van der Waals surface area contributed by atoms with Gasteiger partial charge in [0.2, 0.25) is 0 Å². The molecule has 92 valence electrons. The Morgan fingerprint density at radius 1 is 1.59 bits per heavy atom. The third-order valence-electron chi connectivity index (χ3n) is 2.63. The molecule has 0 spiro atoms. The van der Waals surface area contributed by atoms with Crippen molar-refractivity contribution in [1.29, 1.82) is 0 Å². The van der Waals surface area contributed by atoms with Gasteiger partial charge in [-0.3, -0.25) is 0 Å². The Bertz CT molecular complexity index is 413. The van der Waals surface area contributed by atoms with Gasteiger partial charge in [0.1, 0.15) is 12.4 Å². The molecule has 0 radical (unpaired) electrons. The van der Waals surface area contributed by atoms with Gasteiger partial charge in [0.25, 0.3) is 0 Å². The van der Waals surface area contributed by atoms with Crippen molar-refractivity contribution in [3.63, 3.8) is 0 Å². The highest BCUT2D eigenvalue weighted by Crippen LogP contribution is 2.23. The molecule has 2 rings (SSSR count). The van der Waals surface area contributed by atoms with Crippen molar-refractivity contribution in [2.45, 2.75) is 18.9 Å². The van der Waals surface area contributed by atoms with Crippen LogP contribution in [0.5, 0.6) is 5.75 Å². The number of halogens is 1. The lowest BCUT2D eigenvalue weighted by Crippen LogP contribution is -2.16. The maximum absolute atomic E-state index is 10.8. The first-order valence-corrected chi connectivity index (χ1v) is 6.52. The molecule has 1 saturated heterocycles. The van der Waals surface area contributed by atoms with Crippen molar-refractivity contribution < 1.29 is 19.4 Å². The van der Waals surface area contributed by atoms with E-state index >= 15 is 0 Å². The van der Waals surface area contributed by atoms with Crippen molar-refractivity contribution in [1.82, 2.24) is 0 Å². The van der Waals surface area contributed by atoms with Gasteiger partial charge in [0.05, 0.1) is 15.2 Å². The monoisotopic (exact) mass is 348 g/mol. The molecular weight excluding hydrogens is 335 g/mol. The predicted molar refractivity (Wildman–Crippen MR) is 70.6 cm³/mol. The van der Waals surface area contributed by atoms with Crippen LogP contribution in [0.15, 0.2) is 18.2 Å². The fraction of sp³-hybridized carbons (Fsp3) is 0.417. The normalized spacial score (nSPS) is 19.2. The Hall–Kier alpha value is -0.820. The van der Waals surface area contributed by atoms with Gasteiger partial charge in [-0.2, -0.15) is 0 Å². The highest BCUT2D eigenvalue weighted by atomic mass is 127. The molecule has 0 bridgehead atoms. The molecule has 5 heteroatoms. The van der Waals surface area contributed by atoms with E-state index in [4.69, 9.17) is 14.6 Å². The Labute approximate surface area is 113 Å². The van der Waals surface area contributed by atoms with Crippen LogP contribution in [-0.4, -0.2) is 30.4 Å². The van der Waals surface area contributed by atoms with E-state index in [2.05, 4.69) is 22.6 Å². The Morgan fingerprint density at radius 3 is 3.06 bits per heavy atom. The minimum absolute atomic E-state index is 0.138. The van der Waals surface area contributed by atoms with Gasteiger partial charge < -0.3 is 14.6 Å². The summed E-state index contributed by atoms with van der Waals surface area (Å²) in [7, 11) is 0. The van der Waals surface area contributed by atoms with E-state index < -0.39 is 5.97 Å². The van der Waals surface area contributed by atoms with E-state index in [-0.39, 0.29) is 11.7 Å². The zero-order valence-electron chi connectivity index (χ0n) is 9.19. The van der Waals surface area contributed by atoms with Gasteiger partial charge >= 0.3 is 5.97 Å². The van der Waals surface area contributed by atoms with Crippen LogP contribution in [0.3, 0.4) is 0 Å². The minimum atomic E-state index is -0.941. The molecule has 1 heterocycles. The Morgan fingerprint density at radius 2 is 2.41 bits per heavy atom. The fourth-order valence-corrected chi connectivity index (χ4v) is 2.20. The van der Waals surface area contributed by atoms with Crippen LogP contribution >= 0.6 is 22.6 Å². The van der Waals surface area contributed by atoms with Crippen molar-refractivity contribution in [2.24, 2.45) is 0 Å². The summed E-state index contributed by atoms with van der Waals surface area (Å²) in [6, 6.07) is 4.87. The molecule has 4 nitrogen and oxygen atoms in total. The number of hydrogen-bond donors (Lipinski definition) is 1. The zero-order valence-corrected chi connectivity index (χ0v) is 11.3. The van der Waals surface area contributed by atoms with Gasteiger partial charge in [-0.15, -0.1) is 0 Å². The summed E-state index contributed by atoms with van der Waals surface area (Å²) in [6.07, 6.45) is 2.22. The van der Waals surface area contributed by atoms with Crippen molar-refractivity contribution in [2.75, 3.05) is 13.2 Å². The number of carbonyl (C=O) groups is 1. The summed E-state index contributed by atoms with van der Waals surface area (Å²) < 4.78 is 12.0. The molecule has 1 N–H and O–H groups in total. The lowest BCUT2D eigenvalue weighted by atomic mass is 10.2. The second-order valence-corrected chi connectivity index (χ2v) is 5.06. The Balaban J connectivity index is 2.03. The van der Waals surface area contributed by atoms with Crippen LogP contribution in [-0.2, 0) is 4.74 Å². The molecule has 1 aromatic rings. The third kappa shape index (κ3) is 3.32. The summed E-state index contributed by atoms with van der Waals surface area (Å²) in [5, 5.41) is 8.90. The first-order valence-electron chi connectivity index (χ1n) is 5.44. The quantitative estimate of drug-likeness (QED) is 0.850. The number of hydrogen-bond acceptors (Lipinski definition) is 3. The van der Waals surface area contributed by atoms with Gasteiger partial charge in [-0.05, 0) is 53.6 Å². The smallest absolute Gasteiger partial charge is 0.335 e. The molecule has 0 amide bonds. The minimum Gasteiger partial charge on any atom is -0.490 e. The molecular formula is C12H13IO4. The van der Waals surface area contributed by atoms with E-state index in [1.54, 1.807) is 18.2 Å². The van der Waals surface area contributed by atoms with Crippen LogP contribution in [0.1, 0.15) is 23.2 Å². The van der Waals surface area contributed by atoms with E-state index in [1.807, 2.05) is 0 Å². The summed E-state index contributed by atoms with van der Waals surface area (Å²) in [5.41, 5.74) is 0.243. The lowest BCUT2D eigenvalue weighted by Gasteiger charge is -2.13. The second-order valence-electron chi connectivity index (χ2n) is 3.90. The molecule has 1 unspecified atom stereocenters. The van der Waals surface area contributed by atoms with E-state index in [9.17, 15) is 4.79 Å². The van der Waals surface area contributed by atoms with Gasteiger partial charge in [-0.1, -0.05) is 0 Å². The number of carboxylic acid groups (broad SMARTS) is 1. The highest BCUT2D eigenvalue weighted by molar-refractivity contribution is 14.1. The topological polar surface area (TPSA) is 55.8 Å². The summed E-state index contributed by atoms with van der Waals surface area (Å²) >= 11 is 2.13. The number of aromatic carboxylic acids is 1. The average molecular weight is 348 g/mol. The largest absolute Gasteiger partial charge is 0.490 e. The van der Waals surface area contributed by atoms with Crippen molar-refractivity contribution >= 4 is 28.6 Å². The lowest BCUT2D eigenvalue weighted by molar-refractivity contribution is 0.0669. The van der Waals surface area contributed by atoms with Gasteiger partial charge in [-0.25, -0.2) is 4.79 Å². The van der Waals surface area contributed by atoms with Crippen molar-refractivity contribution in [3.8, 4) is 5.75 Å². The molecule has 1 aromatic carbocycles. The fourth-order valence-electron chi connectivity index (χ4n) is 1.71. The van der Waals surface area contributed by atoms with Crippen LogP contribution in [0.4, 0.5) is 0 Å². The number of ether oxygens (including phenoxy) is 2. The number of benzene rings is 1. The first kappa shape index (κ1) is 12.6. The Kier molecular flexibility index (Phi) is 4.22. The molecule has 1 aliphatic heterocycles. The molecule has 1 atom stereocenters.